The van der Waals surface area contributed by atoms with Crippen molar-refractivity contribution in [2.24, 2.45) is 5.73 Å². The molecule has 0 bridgehead atoms. The average molecular weight is 231 g/mol. The lowest BCUT2D eigenvalue weighted by atomic mass is 10.1. The molecule has 4 heteroatoms. The minimum atomic E-state index is -0.137. The zero-order valence-electron chi connectivity index (χ0n) is 5.75. The molecule has 1 heterocycles. The Labute approximate surface area is 77.8 Å². The third-order valence-electron chi connectivity index (χ3n) is 1.33. The van der Waals surface area contributed by atoms with E-state index in [1.54, 1.807) is 11.3 Å². The molecule has 0 aliphatic carbocycles. The first-order valence-electron chi connectivity index (χ1n) is 3.10. The molecule has 1 rings (SSSR count). The number of halogens is 1. The van der Waals surface area contributed by atoms with Gasteiger partial charge in [-0.3, -0.25) is 0 Å². The van der Waals surface area contributed by atoms with Crippen LogP contribution in [0.5, 0.6) is 0 Å². The summed E-state index contributed by atoms with van der Waals surface area (Å²) in [5, 5.41) is 10.3. The maximum absolute atomic E-state index is 8.37. The Morgan fingerprint density at radius 1 is 1.82 bits per heavy atom. The van der Waals surface area contributed by atoms with Crippen molar-refractivity contribution in [2.75, 3.05) is 0 Å². The molecule has 0 saturated carbocycles. The molecular weight excluding hydrogens is 224 g/mol. The van der Waals surface area contributed by atoms with Gasteiger partial charge in [0.05, 0.1) is 16.3 Å². The summed E-state index contributed by atoms with van der Waals surface area (Å²) < 4.78 is 1.06. The second-order valence-electron chi connectivity index (χ2n) is 2.15. The highest BCUT2D eigenvalue weighted by Crippen LogP contribution is 2.25. The predicted octanol–water partition coefficient (Wildman–Crippen LogP) is 2.42. The standard InChI is InChI=1S/C7H7BrN2S/c8-7-3-5(4-11-7)6(10)1-2-9/h3-4,6H,1,10H2/t6-/m0/s1. The van der Waals surface area contributed by atoms with Crippen molar-refractivity contribution in [3.63, 3.8) is 0 Å². The Balaban J connectivity index is 2.70. The number of nitrogens with two attached hydrogens (primary N) is 1. The van der Waals surface area contributed by atoms with Gasteiger partial charge in [-0.2, -0.15) is 5.26 Å². The first kappa shape index (κ1) is 8.72. The summed E-state index contributed by atoms with van der Waals surface area (Å²) in [6, 6.07) is 3.85. The lowest BCUT2D eigenvalue weighted by molar-refractivity contribution is 0.752. The van der Waals surface area contributed by atoms with Crippen molar-refractivity contribution in [2.45, 2.75) is 12.5 Å². The molecule has 0 saturated heterocycles. The number of hydrogen-bond donors (Lipinski definition) is 1. The molecule has 11 heavy (non-hydrogen) atoms. The van der Waals surface area contributed by atoms with Crippen molar-refractivity contribution >= 4 is 27.3 Å². The van der Waals surface area contributed by atoms with E-state index < -0.39 is 0 Å². The number of rotatable bonds is 2. The second kappa shape index (κ2) is 3.86. The highest BCUT2D eigenvalue weighted by molar-refractivity contribution is 9.11. The van der Waals surface area contributed by atoms with Gasteiger partial charge < -0.3 is 5.73 Å². The van der Waals surface area contributed by atoms with Crippen LogP contribution in [-0.2, 0) is 0 Å². The van der Waals surface area contributed by atoms with E-state index in [0.717, 1.165) is 9.35 Å². The predicted molar refractivity (Wildman–Crippen MR) is 49.2 cm³/mol. The monoisotopic (exact) mass is 230 g/mol. The fourth-order valence-corrected chi connectivity index (χ4v) is 1.97. The van der Waals surface area contributed by atoms with Crippen molar-refractivity contribution in [1.29, 1.82) is 5.26 Å². The molecular formula is C7H7BrN2S. The van der Waals surface area contributed by atoms with E-state index in [0.29, 0.717) is 6.42 Å². The molecule has 1 aromatic heterocycles. The smallest absolute Gasteiger partial charge is 0.0701 e. The molecule has 1 aromatic rings. The summed E-state index contributed by atoms with van der Waals surface area (Å²) in [4.78, 5) is 0. The van der Waals surface area contributed by atoms with Crippen LogP contribution >= 0.6 is 27.3 Å². The average Bonchev–Trinajstić information content (AvgIpc) is 2.36. The Bertz CT molecular complexity index is 276. The Kier molecular flexibility index (Phi) is 3.06. The quantitative estimate of drug-likeness (QED) is 0.849. The first-order chi connectivity index (χ1) is 5.24. The van der Waals surface area contributed by atoms with Crippen LogP contribution in [-0.4, -0.2) is 0 Å². The van der Waals surface area contributed by atoms with Gasteiger partial charge in [0.25, 0.3) is 0 Å². The summed E-state index contributed by atoms with van der Waals surface area (Å²) in [5.74, 6) is 0. The van der Waals surface area contributed by atoms with E-state index in [9.17, 15) is 0 Å². The van der Waals surface area contributed by atoms with Crippen LogP contribution in [0.2, 0.25) is 0 Å². The van der Waals surface area contributed by atoms with E-state index in [1.807, 2.05) is 17.5 Å². The van der Waals surface area contributed by atoms with Crippen molar-refractivity contribution < 1.29 is 0 Å². The van der Waals surface area contributed by atoms with Crippen molar-refractivity contribution in [1.82, 2.24) is 0 Å². The van der Waals surface area contributed by atoms with Crippen LogP contribution in [0.1, 0.15) is 18.0 Å². The molecule has 0 aromatic carbocycles. The van der Waals surface area contributed by atoms with Crippen molar-refractivity contribution in [3.05, 3.63) is 20.8 Å². The second-order valence-corrected chi connectivity index (χ2v) is 4.44. The van der Waals surface area contributed by atoms with Gasteiger partial charge >= 0.3 is 0 Å². The van der Waals surface area contributed by atoms with E-state index in [1.165, 1.54) is 0 Å². The van der Waals surface area contributed by atoms with E-state index in [-0.39, 0.29) is 6.04 Å². The van der Waals surface area contributed by atoms with Gasteiger partial charge in [-0.1, -0.05) is 0 Å². The van der Waals surface area contributed by atoms with Crippen LogP contribution in [0.25, 0.3) is 0 Å². The number of nitriles is 1. The summed E-state index contributed by atoms with van der Waals surface area (Å²) in [6.45, 7) is 0. The zero-order valence-corrected chi connectivity index (χ0v) is 8.15. The van der Waals surface area contributed by atoms with Gasteiger partial charge in [-0.25, -0.2) is 0 Å². The van der Waals surface area contributed by atoms with Crippen LogP contribution < -0.4 is 5.73 Å². The number of nitrogens with zero attached hydrogens (tertiary/aromatic N) is 1. The van der Waals surface area contributed by atoms with Gasteiger partial charge in [0.15, 0.2) is 0 Å². The lowest BCUT2D eigenvalue weighted by Gasteiger charge is -2.01. The van der Waals surface area contributed by atoms with Crippen molar-refractivity contribution in [3.8, 4) is 6.07 Å². The Morgan fingerprint density at radius 2 is 2.55 bits per heavy atom. The Morgan fingerprint density at radius 3 is 3.00 bits per heavy atom. The van der Waals surface area contributed by atoms with Crippen LogP contribution in [0.3, 0.4) is 0 Å². The normalized spacial score (nSPS) is 12.5. The van der Waals surface area contributed by atoms with Gasteiger partial charge in [0.2, 0.25) is 0 Å². The third kappa shape index (κ3) is 2.29. The Hall–Kier alpha value is -0.370. The number of hydrogen-bond acceptors (Lipinski definition) is 3. The SMILES string of the molecule is N#CC[C@H](N)c1csc(Br)c1. The van der Waals surface area contributed by atoms with Gasteiger partial charge in [-0.05, 0) is 32.9 Å². The number of thiophene rings is 1. The van der Waals surface area contributed by atoms with E-state index in [4.69, 9.17) is 11.0 Å². The van der Waals surface area contributed by atoms with E-state index in [2.05, 4.69) is 15.9 Å². The summed E-state index contributed by atoms with van der Waals surface area (Å²) in [6.07, 6.45) is 0.378. The highest BCUT2D eigenvalue weighted by Gasteiger charge is 2.06. The molecule has 0 aliphatic rings. The molecule has 1 atom stereocenters. The summed E-state index contributed by atoms with van der Waals surface area (Å²) >= 11 is 4.92. The van der Waals surface area contributed by atoms with Crippen LogP contribution in [0, 0.1) is 11.3 Å². The largest absolute Gasteiger partial charge is 0.323 e. The molecule has 2 N–H and O–H groups in total. The summed E-state index contributed by atoms with van der Waals surface area (Å²) in [5.41, 5.74) is 6.71. The third-order valence-corrected chi connectivity index (χ3v) is 2.85. The fourth-order valence-electron chi connectivity index (χ4n) is 0.734. The van der Waals surface area contributed by atoms with Gasteiger partial charge in [-0.15, -0.1) is 11.3 Å². The molecule has 58 valence electrons. The molecule has 0 spiro atoms. The zero-order chi connectivity index (χ0) is 8.27. The molecule has 0 aliphatic heterocycles. The molecule has 2 nitrogen and oxygen atoms in total. The minimum Gasteiger partial charge on any atom is -0.323 e. The first-order valence-corrected chi connectivity index (χ1v) is 4.77. The maximum Gasteiger partial charge on any atom is 0.0701 e. The van der Waals surface area contributed by atoms with Gasteiger partial charge in [0, 0.05) is 6.04 Å². The fraction of sp³-hybridized carbons (Fsp3) is 0.286. The molecule has 0 radical (unpaired) electrons. The summed E-state index contributed by atoms with van der Waals surface area (Å²) in [7, 11) is 0. The van der Waals surface area contributed by atoms with Crippen LogP contribution in [0.15, 0.2) is 15.2 Å². The molecule has 0 amide bonds. The lowest BCUT2D eigenvalue weighted by Crippen LogP contribution is -2.07. The maximum atomic E-state index is 8.37. The minimum absolute atomic E-state index is 0.137. The topological polar surface area (TPSA) is 49.8 Å². The molecule has 0 unspecified atom stereocenters. The van der Waals surface area contributed by atoms with E-state index >= 15 is 0 Å². The molecule has 0 fully saturated rings. The van der Waals surface area contributed by atoms with Gasteiger partial charge in [0.1, 0.15) is 0 Å². The highest BCUT2D eigenvalue weighted by atomic mass is 79.9. The van der Waals surface area contributed by atoms with Crippen LogP contribution in [0.4, 0.5) is 0 Å².